The number of nitrogens with two attached hydrogens (primary N) is 1. The van der Waals surface area contributed by atoms with Gasteiger partial charge in [-0.25, -0.2) is 0 Å². The van der Waals surface area contributed by atoms with Gasteiger partial charge in [0.2, 0.25) is 0 Å². The molecule has 1 aromatic heterocycles. The summed E-state index contributed by atoms with van der Waals surface area (Å²) >= 11 is 4.92. The van der Waals surface area contributed by atoms with Crippen molar-refractivity contribution in [2.24, 2.45) is 5.73 Å². The Morgan fingerprint density at radius 3 is 2.35 bits per heavy atom. The van der Waals surface area contributed by atoms with Gasteiger partial charge in [0.25, 0.3) is 0 Å². The molecule has 20 heavy (non-hydrogen) atoms. The van der Waals surface area contributed by atoms with Crippen LogP contribution in [0, 0.1) is 6.92 Å². The second-order valence-electron chi connectivity index (χ2n) is 5.17. The summed E-state index contributed by atoms with van der Waals surface area (Å²) in [6.07, 6.45) is 1.71. The Hall–Kier alpha value is -1.94. The van der Waals surface area contributed by atoms with E-state index >= 15 is 0 Å². The molecule has 2 N–H and O–H groups in total. The molecule has 4 heteroatoms. The van der Waals surface area contributed by atoms with Gasteiger partial charge in [-0.15, -0.1) is 0 Å². The van der Waals surface area contributed by atoms with Gasteiger partial charge in [0.1, 0.15) is 4.99 Å². The van der Waals surface area contributed by atoms with Crippen LogP contribution < -0.4 is 11.2 Å². The lowest BCUT2D eigenvalue weighted by Crippen LogP contribution is -2.22. The predicted molar refractivity (Wildman–Crippen MR) is 86.8 cm³/mol. The van der Waals surface area contributed by atoms with Gasteiger partial charge in [-0.1, -0.05) is 38.2 Å². The van der Waals surface area contributed by atoms with Crippen LogP contribution in [0.3, 0.4) is 0 Å². The highest BCUT2D eigenvalue weighted by molar-refractivity contribution is 7.80. The maximum absolute atomic E-state index is 11.8. The van der Waals surface area contributed by atoms with Crippen molar-refractivity contribution in [2.75, 3.05) is 0 Å². The maximum Gasteiger partial charge on any atom is 0.192 e. The van der Waals surface area contributed by atoms with E-state index in [1.54, 1.807) is 12.3 Å². The summed E-state index contributed by atoms with van der Waals surface area (Å²) in [6, 6.07) is 9.83. The zero-order chi connectivity index (χ0) is 14.9. The van der Waals surface area contributed by atoms with Crippen molar-refractivity contribution in [1.82, 2.24) is 4.57 Å². The standard InChI is InChI=1S/C16H18N2OS/c1-10(2)12-4-6-13(7-5-12)18-9-14(16(17)20)15(19)8-11(18)3/h4-10H,1-3H3,(H2,17,20). The van der Waals surface area contributed by atoms with Crippen molar-refractivity contribution in [3.05, 3.63) is 63.6 Å². The van der Waals surface area contributed by atoms with E-state index in [9.17, 15) is 4.79 Å². The van der Waals surface area contributed by atoms with Gasteiger partial charge >= 0.3 is 0 Å². The number of rotatable bonds is 3. The molecule has 0 saturated carbocycles. The Balaban J connectivity index is 2.54. The van der Waals surface area contributed by atoms with E-state index in [4.69, 9.17) is 18.0 Å². The number of aromatic nitrogens is 1. The van der Waals surface area contributed by atoms with E-state index in [0.29, 0.717) is 11.5 Å². The molecule has 0 saturated heterocycles. The Labute approximate surface area is 124 Å². The summed E-state index contributed by atoms with van der Waals surface area (Å²) < 4.78 is 1.93. The van der Waals surface area contributed by atoms with E-state index in [0.717, 1.165) is 11.4 Å². The molecule has 0 fully saturated rings. The largest absolute Gasteiger partial charge is 0.389 e. The number of aryl methyl sites for hydroxylation is 1. The SMILES string of the molecule is Cc1cc(=O)c(C(N)=S)cn1-c1ccc(C(C)C)cc1. The van der Waals surface area contributed by atoms with Crippen molar-refractivity contribution in [3.8, 4) is 5.69 Å². The zero-order valence-electron chi connectivity index (χ0n) is 11.9. The van der Waals surface area contributed by atoms with Gasteiger partial charge < -0.3 is 10.3 Å². The third-order valence-corrected chi connectivity index (χ3v) is 3.57. The lowest BCUT2D eigenvalue weighted by molar-refractivity contribution is 0.864. The monoisotopic (exact) mass is 286 g/mol. The highest BCUT2D eigenvalue weighted by atomic mass is 32.1. The molecular formula is C16H18N2OS. The number of hydrogen-bond donors (Lipinski definition) is 1. The van der Waals surface area contributed by atoms with Gasteiger partial charge in [-0.2, -0.15) is 0 Å². The summed E-state index contributed by atoms with van der Waals surface area (Å²) in [5.74, 6) is 0.492. The molecule has 3 nitrogen and oxygen atoms in total. The van der Waals surface area contributed by atoms with Crippen LogP contribution >= 0.6 is 12.2 Å². The minimum Gasteiger partial charge on any atom is -0.389 e. The topological polar surface area (TPSA) is 48.0 Å². The average molecular weight is 286 g/mol. The van der Waals surface area contributed by atoms with Crippen LogP contribution in [-0.4, -0.2) is 9.56 Å². The second-order valence-corrected chi connectivity index (χ2v) is 5.61. The highest BCUT2D eigenvalue weighted by Gasteiger charge is 2.08. The summed E-state index contributed by atoms with van der Waals surface area (Å²) in [7, 11) is 0. The molecular weight excluding hydrogens is 268 g/mol. The van der Waals surface area contributed by atoms with Crippen LogP contribution in [0.2, 0.25) is 0 Å². The molecule has 0 aliphatic heterocycles. The number of hydrogen-bond acceptors (Lipinski definition) is 2. The Kier molecular flexibility index (Phi) is 4.04. The Morgan fingerprint density at radius 1 is 1.25 bits per heavy atom. The molecule has 0 unspecified atom stereocenters. The first-order valence-corrected chi connectivity index (χ1v) is 6.94. The number of benzene rings is 1. The molecule has 104 valence electrons. The van der Waals surface area contributed by atoms with Gasteiger partial charge in [0.15, 0.2) is 5.43 Å². The van der Waals surface area contributed by atoms with E-state index in [1.807, 2.05) is 23.6 Å². The summed E-state index contributed by atoms with van der Waals surface area (Å²) in [4.78, 5) is 12.0. The van der Waals surface area contributed by atoms with E-state index < -0.39 is 0 Å². The Morgan fingerprint density at radius 2 is 1.85 bits per heavy atom. The normalized spacial score (nSPS) is 10.8. The van der Waals surface area contributed by atoms with Gasteiger partial charge in [-0.05, 0) is 30.5 Å². The highest BCUT2D eigenvalue weighted by Crippen LogP contribution is 2.17. The Bertz CT molecular complexity index is 699. The van der Waals surface area contributed by atoms with Crippen molar-refractivity contribution in [3.63, 3.8) is 0 Å². The molecule has 0 aliphatic rings. The van der Waals surface area contributed by atoms with Crippen molar-refractivity contribution >= 4 is 17.2 Å². The third kappa shape index (κ3) is 2.80. The van der Waals surface area contributed by atoms with E-state index in [2.05, 4.69) is 26.0 Å². The smallest absolute Gasteiger partial charge is 0.192 e. The first kappa shape index (κ1) is 14.5. The fourth-order valence-corrected chi connectivity index (χ4v) is 2.27. The average Bonchev–Trinajstić information content (AvgIpc) is 2.38. The summed E-state index contributed by atoms with van der Waals surface area (Å²) in [5.41, 5.74) is 8.96. The van der Waals surface area contributed by atoms with E-state index in [-0.39, 0.29) is 10.4 Å². The van der Waals surface area contributed by atoms with Gasteiger partial charge in [0.05, 0.1) is 5.56 Å². The van der Waals surface area contributed by atoms with Crippen LogP contribution in [0.5, 0.6) is 0 Å². The molecule has 1 aromatic carbocycles. The zero-order valence-corrected chi connectivity index (χ0v) is 12.7. The minimum atomic E-state index is -0.134. The van der Waals surface area contributed by atoms with Crippen LogP contribution in [0.1, 0.15) is 36.6 Å². The predicted octanol–water partition coefficient (Wildman–Crippen LogP) is 2.90. The minimum absolute atomic E-state index is 0.127. The number of thiocarbonyl (C=S) groups is 1. The molecule has 2 rings (SSSR count). The molecule has 1 heterocycles. The number of pyridine rings is 1. The molecule has 0 radical (unpaired) electrons. The fourth-order valence-electron chi connectivity index (χ4n) is 2.11. The number of nitrogens with zero attached hydrogens (tertiary/aromatic N) is 1. The molecule has 0 aliphatic carbocycles. The molecule has 0 amide bonds. The first-order valence-electron chi connectivity index (χ1n) is 6.53. The molecule has 0 bridgehead atoms. The molecule has 0 spiro atoms. The van der Waals surface area contributed by atoms with Crippen molar-refractivity contribution < 1.29 is 0 Å². The lowest BCUT2D eigenvalue weighted by Gasteiger charge is -2.13. The van der Waals surface area contributed by atoms with Gasteiger partial charge in [-0.3, -0.25) is 4.79 Å². The van der Waals surface area contributed by atoms with Crippen LogP contribution in [0.25, 0.3) is 5.69 Å². The summed E-state index contributed by atoms with van der Waals surface area (Å²) in [6.45, 7) is 6.20. The maximum atomic E-state index is 11.8. The van der Waals surface area contributed by atoms with Crippen LogP contribution in [-0.2, 0) is 0 Å². The molecule has 2 aromatic rings. The first-order chi connectivity index (χ1) is 9.40. The fraction of sp³-hybridized carbons (Fsp3) is 0.250. The van der Waals surface area contributed by atoms with Gasteiger partial charge in [0, 0.05) is 23.6 Å². The quantitative estimate of drug-likeness (QED) is 0.883. The summed E-state index contributed by atoms with van der Waals surface area (Å²) in [5, 5.41) is 0. The third-order valence-electron chi connectivity index (χ3n) is 3.35. The van der Waals surface area contributed by atoms with Crippen LogP contribution in [0.4, 0.5) is 0 Å². The lowest BCUT2D eigenvalue weighted by atomic mass is 10.0. The molecule has 0 atom stereocenters. The van der Waals surface area contributed by atoms with Crippen molar-refractivity contribution in [2.45, 2.75) is 26.7 Å². The van der Waals surface area contributed by atoms with Crippen molar-refractivity contribution in [1.29, 1.82) is 0 Å². The second kappa shape index (κ2) is 5.59. The van der Waals surface area contributed by atoms with E-state index in [1.165, 1.54) is 5.56 Å². The van der Waals surface area contributed by atoms with Crippen LogP contribution in [0.15, 0.2) is 41.3 Å².